The fourth-order valence-corrected chi connectivity index (χ4v) is 3.91. The molecule has 1 aromatic carbocycles. The van der Waals surface area contributed by atoms with Crippen LogP contribution >= 0.6 is 11.3 Å². The summed E-state index contributed by atoms with van der Waals surface area (Å²) >= 11 is 1.69. The molecule has 2 fully saturated rings. The van der Waals surface area contributed by atoms with Crippen molar-refractivity contribution < 1.29 is 9.47 Å². The van der Waals surface area contributed by atoms with Crippen molar-refractivity contribution in [2.75, 3.05) is 25.1 Å². The standard InChI is InChI=1S/C15H18N2O2S/c1-2-13-14(20-10-16-13)7-11(1)17-12-3-5-19-15(8-12)4-6-18-9-15/h1-2,7,10,12,17H,3-6,8-9H2. The van der Waals surface area contributed by atoms with Gasteiger partial charge in [0.15, 0.2) is 0 Å². The number of nitrogens with one attached hydrogen (secondary N) is 1. The van der Waals surface area contributed by atoms with E-state index in [0.717, 1.165) is 44.6 Å². The van der Waals surface area contributed by atoms with Gasteiger partial charge < -0.3 is 14.8 Å². The van der Waals surface area contributed by atoms with Crippen LogP contribution in [0.3, 0.4) is 0 Å². The van der Waals surface area contributed by atoms with Gasteiger partial charge in [-0.05, 0) is 31.0 Å². The molecule has 3 heterocycles. The third kappa shape index (κ3) is 2.30. The molecule has 4 rings (SSSR count). The van der Waals surface area contributed by atoms with E-state index < -0.39 is 0 Å². The van der Waals surface area contributed by atoms with Crippen molar-refractivity contribution in [1.29, 1.82) is 0 Å². The first kappa shape index (κ1) is 12.6. The number of thiazole rings is 1. The molecule has 2 aliphatic rings. The van der Waals surface area contributed by atoms with E-state index in [2.05, 4.69) is 28.5 Å². The highest BCUT2D eigenvalue weighted by molar-refractivity contribution is 7.16. The van der Waals surface area contributed by atoms with Crippen LogP contribution < -0.4 is 5.32 Å². The quantitative estimate of drug-likeness (QED) is 0.923. The van der Waals surface area contributed by atoms with E-state index >= 15 is 0 Å². The number of aromatic nitrogens is 1. The van der Waals surface area contributed by atoms with Crippen LogP contribution in [0.5, 0.6) is 0 Å². The lowest BCUT2D eigenvalue weighted by Crippen LogP contribution is -2.44. The lowest BCUT2D eigenvalue weighted by Gasteiger charge is -2.37. The van der Waals surface area contributed by atoms with Gasteiger partial charge in [-0.3, -0.25) is 0 Å². The summed E-state index contributed by atoms with van der Waals surface area (Å²) in [6.07, 6.45) is 3.12. The van der Waals surface area contributed by atoms with Crippen molar-refractivity contribution in [3.63, 3.8) is 0 Å². The fourth-order valence-electron chi connectivity index (χ4n) is 3.19. The summed E-state index contributed by atoms with van der Waals surface area (Å²) in [6.45, 7) is 2.41. The number of anilines is 1. The monoisotopic (exact) mass is 290 g/mol. The predicted octanol–water partition coefficient (Wildman–Crippen LogP) is 3.05. The van der Waals surface area contributed by atoms with Crippen molar-refractivity contribution >= 4 is 27.2 Å². The smallest absolute Gasteiger partial charge is 0.0956 e. The minimum atomic E-state index is -0.0372. The highest BCUT2D eigenvalue weighted by Crippen LogP contribution is 2.34. The Morgan fingerprint density at radius 1 is 1.35 bits per heavy atom. The third-order valence-corrected chi connectivity index (χ3v) is 5.05. The van der Waals surface area contributed by atoms with Crippen molar-refractivity contribution in [1.82, 2.24) is 4.98 Å². The molecular weight excluding hydrogens is 272 g/mol. The summed E-state index contributed by atoms with van der Waals surface area (Å²) in [5.41, 5.74) is 4.12. The number of nitrogens with zero attached hydrogens (tertiary/aromatic N) is 1. The molecular formula is C15H18N2O2S. The van der Waals surface area contributed by atoms with Crippen LogP contribution in [0, 0.1) is 0 Å². The maximum atomic E-state index is 5.98. The van der Waals surface area contributed by atoms with E-state index in [9.17, 15) is 0 Å². The molecule has 0 bridgehead atoms. The minimum absolute atomic E-state index is 0.0372. The molecule has 0 radical (unpaired) electrons. The van der Waals surface area contributed by atoms with Crippen LogP contribution in [-0.4, -0.2) is 36.4 Å². The lowest BCUT2D eigenvalue weighted by atomic mass is 9.89. The highest BCUT2D eigenvalue weighted by atomic mass is 32.1. The number of benzene rings is 1. The van der Waals surface area contributed by atoms with Gasteiger partial charge in [0.2, 0.25) is 0 Å². The maximum absolute atomic E-state index is 5.98. The average Bonchev–Trinajstić information content (AvgIpc) is 3.08. The van der Waals surface area contributed by atoms with E-state index in [1.54, 1.807) is 11.3 Å². The van der Waals surface area contributed by atoms with Crippen molar-refractivity contribution in [3.05, 3.63) is 23.7 Å². The molecule has 106 valence electrons. The SMILES string of the molecule is c1nc2ccc(NC3CCOC4(CCOC4)C3)cc2s1. The minimum Gasteiger partial charge on any atom is -0.382 e. The molecule has 0 amide bonds. The lowest BCUT2D eigenvalue weighted by molar-refractivity contribution is -0.0828. The average molecular weight is 290 g/mol. The Kier molecular flexibility index (Phi) is 3.13. The Labute approximate surface area is 122 Å². The summed E-state index contributed by atoms with van der Waals surface area (Å²) in [7, 11) is 0. The molecule has 2 atom stereocenters. The van der Waals surface area contributed by atoms with Crippen LogP contribution in [0.2, 0.25) is 0 Å². The molecule has 1 spiro atoms. The molecule has 2 aliphatic heterocycles. The van der Waals surface area contributed by atoms with Crippen LogP contribution in [0.1, 0.15) is 19.3 Å². The zero-order chi connectivity index (χ0) is 13.4. The van der Waals surface area contributed by atoms with Gasteiger partial charge in [0.25, 0.3) is 0 Å². The van der Waals surface area contributed by atoms with Gasteiger partial charge in [0, 0.05) is 31.4 Å². The molecule has 2 unspecified atom stereocenters. The summed E-state index contributed by atoms with van der Waals surface area (Å²) in [6, 6.07) is 6.87. The van der Waals surface area contributed by atoms with Crippen LogP contribution in [0.15, 0.2) is 23.7 Å². The molecule has 2 aromatic rings. The topological polar surface area (TPSA) is 43.4 Å². The Morgan fingerprint density at radius 2 is 2.35 bits per heavy atom. The van der Waals surface area contributed by atoms with Crippen LogP contribution in [-0.2, 0) is 9.47 Å². The normalized spacial score (nSPS) is 30.1. The van der Waals surface area contributed by atoms with Gasteiger partial charge >= 0.3 is 0 Å². The van der Waals surface area contributed by atoms with E-state index in [0.29, 0.717) is 6.04 Å². The van der Waals surface area contributed by atoms with E-state index in [-0.39, 0.29) is 5.60 Å². The van der Waals surface area contributed by atoms with Gasteiger partial charge in [-0.2, -0.15) is 0 Å². The second-order valence-corrected chi connectivity index (χ2v) is 6.59. The molecule has 0 aliphatic carbocycles. The second kappa shape index (κ2) is 4.98. The number of rotatable bonds is 2. The van der Waals surface area contributed by atoms with Gasteiger partial charge in [-0.15, -0.1) is 11.3 Å². The molecule has 4 nitrogen and oxygen atoms in total. The van der Waals surface area contributed by atoms with Crippen LogP contribution in [0.4, 0.5) is 5.69 Å². The first-order chi connectivity index (χ1) is 9.83. The first-order valence-corrected chi connectivity index (χ1v) is 8.03. The largest absolute Gasteiger partial charge is 0.382 e. The Balaban J connectivity index is 1.50. The summed E-state index contributed by atoms with van der Waals surface area (Å²) < 4.78 is 12.7. The van der Waals surface area contributed by atoms with E-state index in [1.165, 1.54) is 10.4 Å². The molecule has 1 aromatic heterocycles. The van der Waals surface area contributed by atoms with Crippen LogP contribution in [0.25, 0.3) is 10.2 Å². The third-order valence-electron chi connectivity index (χ3n) is 4.26. The zero-order valence-electron chi connectivity index (χ0n) is 11.3. The number of hydrogen-bond donors (Lipinski definition) is 1. The van der Waals surface area contributed by atoms with Gasteiger partial charge in [-0.1, -0.05) is 0 Å². The number of ether oxygens (including phenoxy) is 2. The summed E-state index contributed by atoms with van der Waals surface area (Å²) in [5.74, 6) is 0. The number of fused-ring (bicyclic) bond motifs is 1. The Bertz CT molecular complexity index is 607. The molecule has 5 heteroatoms. The maximum Gasteiger partial charge on any atom is 0.0956 e. The Hall–Kier alpha value is -1.17. The van der Waals surface area contributed by atoms with Crippen molar-refractivity contribution in [2.45, 2.75) is 30.9 Å². The summed E-state index contributed by atoms with van der Waals surface area (Å²) in [4.78, 5) is 4.32. The van der Waals surface area contributed by atoms with Gasteiger partial charge in [-0.25, -0.2) is 4.98 Å². The van der Waals surface area contributed by atoms with E-state index in [4.69, 9.17) is 9.47 Å². The predicted molar refractivity (Wildman–Crippen MR) is 80.4 cm³/mol. The molecule has 20 heavy (non-hydrogen) atoms. The molecule has 2 saturated heterocycles. The molecule has 1 N–H and O–H groups in total. The zero-order valence-corrected chi connectivity index (χ0v) is 12.1. The summed E-state index contributed by atoms with van der Waals surface area (Å²) in [5, 5.41) is 3.66. The first-order valence-electron chi connectivity index (χ1n) is 7.15. The Morgan fingerprint density at radius 3 is 3.25 bits per heavy atom. The second-order valence-electron chi connectivity index (χ2n) is 5.70. The number of hydrogen-bond acceptors (Lipinski definition) is 5. The van der Waals surface area contributed by atoms with Crippen molar-refractivity contribution in [3.8, 4) is 0 Å². The fraction of sp³-hybridized carbons (Fsp3) is 0.533. The highest BCUT2D eigenvalue weighted by Gasteiger charge is 2.40. The van der Waals surface area contributed by atoms with Crippen molar-refractivity contribution in [2.24, 2.45) is 0 Å². The van der Waals surface area contributed by atoms with Gasteiger partial charge in [0.1, 0.15) is 0 Å². The van der Waals surface area contributed by atoms with E-state index in [1.807, 2.05) is 5.51 Å². The molecule has 0 saturated carbocycles. The van der Waals surface area contributed by atoms with Gasteiger partial charge in [0.05, 0.1) is 27.9 Å².